The van der Waals surface area contributed by atoms with E-state index in [1.165, 1.54) is 16.9 Å². The number of aryl methyl sites for hydroxylation is 1. The Morgan fingerprint density at radius 3 is 2.61 bits per heavy atom. The molecular weight excluding hydrogens is 432 g/mol. The van der Waals surface area contributed by atoms with Crippen molar-refractivity contribution in [1.82, 2.24) is 9.47 Å². The lowest BCUT2D eigenvalue weighted by molar-refractivity contribution is -0.133. The van der Waals surface area contributed by atoms with E-state index in [1.54, 1.807) is 30.1 Å². The van der Waals surface area contributed by atoms with Gasteiger partial charge in [0.25, 0.3) is 0 Å². The summed E-state index contributed by atoms with van der Waals surface area (Å²) < 4.78 is 12.8. The number of rotatable bonds is 7. The fraction of sp³-hybridized carbons (Fsp3) is 0.391. The summed E-state index contributed by atoms with van der Waals surface area (Å²) in [6, 6.07) is 8.00. The van der Waals surface area contributed by atoms with Crippen LogP contribution in [0.1, 0.15) is 40.6 Å². The number of aromatic nitrogens is 1. The molecule has 1 atom stereocenters. The second kappa shape index (κ2) is 9.28. The Balaban J connectivity index is 1.59. The van der Waals surface area contributed by atoms with Crippen LogP contribution in [-0.2, 0) is 17.8 Å². The van der Waals surface area contributed by atoms with E-state index in [1.807, 2.05) is 40.8 Å². The van der Waals surface area contributed by atoms with Gasteiger partial charge in [-0.05, 0) is 54.5 Å². The molecule has 1 aliphatic rings. The van der Waals surface area contributed by atoms with Crippen LogP contribution < -0.4 is 14.3 Å². The fourth-order valence-electron chi connectivity index (χ4n) is 4.17. The molecule has 6 nitrogen and oxygen atoms in total. The third-order valence-corrected chi connectivity index (χ3v) is 7.56. The van der Waals surface area contributed by atoms with Crippen molar-refractivity contribution in [2.75, 3.05) is 20.8 Å². The molecule has 4 rings (SSSR count). The highest BCUT2D eigenvalue weighted by atomic mass is 32.1. The van der Waals surface area contributed by atoms with Gasteiger partial charge < -0.3 is 18.9 Å². The van der Waals surface area contributed by atoms with Gasteiger partial charge in [-0.3, -0.25) is 9.59 Å². The van der Waals surface area contributed by atoms with Crippen molar-refractivity contribution in [3.8, 4) is 11.5 Å². The van der Waals surface area contributed by atoms with Crippen LogP contribution >= 0.6 is 22.7 Å². The summed E-state index contributed by atoms with van der Waals surface area (Å²) in [5.74, 6) is 1.49. The molecule has 2 aromatic heterocycles. The van der Waals surface area contributed by atoms with Gasteiger partial charge >= 0.3 is 4.87 Å². The minimum absolute atomic E-state index is 0.0364. The van der Waals surface area contributed by atoms with Gasteiger partial charge in [0.1, 0.15) is 0 Å². The highest BCUT2D eigenvalue weighted by molar-refractivity contribution is 7.10. The Morgan fingerprint density at radius 2 is 1.97 bits per heavy atom. The molecule has 0 fully saturated rings. The summed E-state index contributed by atoms with van der Waals surface area (Å²) in [6.45, 7) is 3.15. The highest BCUT2D eigenvalue weighted by Crippen LogP contribution is 2.42. The molecule has 0 radical (unpaired) electrons. The van der Waals surface area contributed by atoms with Gasteiger partial charge in [-0.15, -0.1) is 11.3 Å². The quantitative estimate of drug-likeness (QED) is 0.531. The van der Waals surface area contributed by atoms with Gasteiger partial charge in [-0.2, -0.15) is 0 Å². The van der Waals surface area contributed by atoms with E-state index in [9.17, 15) is 9.59 Å². The summed E-state index contributed by atoms with van der Waals surface area (Å²) in [6.07, 6.45) is 1.82. The number of ether oxygens (including phenoxy) is 2. The second-order valence-electron chi connectivity index (χ2n) is 7.56. The van der Waals surface area contributed by atoms with Gasteiger partial charge in [-0.1, -0.05) is 17.4 Å². The minimum atomic E-state index is -0.137. The second-order valence-corrected chi connectivity index (χ2v) is 9.36. The topological polar surface area (TPSA) is 60.8 Å². The number of amides is 1. The Hall–Kier alpha value is -2.58. The monoisotopic (exact) mass is 458 g/mol. The number of fused-ring (bicyclic) bond motifs is 1. The number of hydrogen-bond acceptors (Lipinski definition) is 6. The molecule has 1 aliphatic heterocycles. The largest absolute Gasteiger partial charge is 0.493 e. The van der Waals surface area contributed by atoms with E-state index in [0.717, 1.165) is 22.6 Å². The predicted octanol–water partition coefficient (Wildman–Crippen LogP) is 4.25. The van der Waals surface area contributed by atoms with Crippen LogP contribution in [0.4, 0.5) is 0 Å². The maximum atomic E-state index is 13.3. The molecule has 164 valence electrons. The molecule has 3 aromatic rings. The summed E-state index contributed by atoms with van der Waals surface area (Å²) >= 11 is 2.86. The van der Waals surface area contributed by atoms with Crippen LogP contribution in [0, 0.1) is 6.92 Å². The third kappa shape index (κ3) is 4.27. The lowest BCUT2D eigenvalue weighted by atomic mass is 9.90. The molecular formula is C23H26N2O4S2. The first-order valence-electron chi connectivity index (χ1n) is 10.3. The average Bonchev–Trinajstić information content (AvgIpc) is 3.42. The van der Waals surface area contributed by atoms with E-state index in [2.05, 4.69) is 6.07 Å². The Bertz CT molecular complexity index is 1120. The number of benzene rings is 1. The van der Waals surface area contributed by atoms with E-state index in [-0.39, 0.29) is 16.8 Å². The maximum absolute atomic E-state index is 13.3. The van der Waals surface area contributed by atoms with E-state index >= 15 is 0 Å². The SMILES string of the molecule is COc1cc2c(cc1OC)C(c1cccs1)N(C(=O)CCCn1c(C)csc1=O)CC2. The Labute approximate surface area is 189 Å². The number of nitrogens with zero attached hydrogens (tertiary/aromatic N) is 2. The smallest absolute Gasteiger partial charge is 0.307 e. The number of methoxy groups -OCH3 is 2. The zero-order valence-electron chi connectivity index (χ0n) is 17.9. The standard InChI is InChI=1S/C23H26N2O4S2/c1-15-14-31-23(27)24(15)9-4-7-21(26)25-10-8-16-12-18(28-2)19(29-3)13-17(16)22(25)20-6-5-11-30-20/h5-6,11-14,22H,4,7-10H2,1-3H3. The lowest BCUT2D eigenvalue weighted by Crippen LogP contribution is -2.40. The number of carbonyl (C=O) groups is 1. The van der Waals surface area contributed by atoms with Crippen molar-refractivity contribution >= 4 is 28.6 Å². The van der Waals surface area contributed by atoms with Crippen LogP contribution in [0.25, 0.3) is 0 Å². The Kier molecular flexibility index (Phi) is 6.48. The number of thiophene rings is 1. The van der Waals surface area contributed by atoms with Crippen LogP contribution in [0.5, 0.6) is 11.5 Å². The van der Waals surface area contributed by atoms with Crippen LogP contribution in [0.15, 0.2) is 39.8 Å². The van der Waals surface area contributed by atoms with Gasteiger partial charge in [-0.25, -0.2) is 0 Å². The normalized spacial score (nSPS) is 15.6. The lowest BCUT2D eigenvalue weighted by Gasteiger charge is -2.37. The minimum Gasteiger partial charge on any atom is -0.493 e. The molecule has 0 aliphatic carbocycles. The number of hydrogen-bond donors (Lipinski definition) is 0. The molecule has 0 saturated carbocycles. The fourth-order valence-corrected chi connectivity index (χ4v) is 5.79. The molecule has 8 heteroatoms. The molecule has 0 bridgehead atoms. The molecule has 3 heterocycles. The predicted molar refractivity (Wildman–Crippen MR) is 124 cm³/mol. The van der Waals surface area contributed by atoms with E-state index in [0.29, 0.717) is 37.4 Å². The van der Waals surface area contributed by atoms with Gasteiger partial charge in [0, 0.05) is 35.5 Å². The molecule has 1 unspecified atom stereocenters. The average molecular weight is 459 g/mol. The van der Waals surface area contributed by atoms with Crippen molar-refractivity contribution in [3.05, 3.63) is 66.4 Å². The van der Waals surface area contributed by atoms with Crippen LogP contribution in [0.3, 0.4) is 0 Å². The molecule has 31 heavy (non-hydrogen) atoms. The third-order valence-electron chi connectivity index (χ3n) is 5.76. The molecule has 0 saturated heterocycles. The molecule has 0 N–H and O–H groups in total. The summed E-state index contributed by atoms with van der Waals surface area (Å²) in [5.41, 5.74) is 3.22. The summed E-state index contributed by atoms with van der Waals surface area (Å²) in [5, 5.41) is 3.90. The zero-order chi connectivity index (χ0) is 22.0. The summed E-state index contributed by atoms with van der Waals surface area (Å²) in [7, 11) is 3.27. The molecule has 0 spiro atoms. The first kappa shape index (κ1) is 21.6. The maximum Gasteiger partial charge on any atom is 0.307 e. The first-order chi connectivity index (χ1) is 15.0. The number of thiazole rings is 1. The van der Waals surface area contributed by atoms with Crippen LogP contribution in [0.2, 0.25) is 0 Å². The van der Waals surface area contributed by atoms with Crippen LogP contribution in [-0.4, -0.2) is 36.1 Å². The van der Waals surface area contributed by atoms with Crippen molar-refractivity contribution in [3.63, 3.8) is 0 Å². The first-order valence-corrected chi connectivity index (χ1v) is 12.0. The molecule has 1 aromatic carbocycles. The highest BCUT2D eigenvalue weighted by Gasteiger charge is 2.33. The van der Waals surface area contributed by atoms with Crippen molar-refractivity contribution in [1.29, 1.82) is 0 Å². The number of carbonyl (C=O) groups excluding carboxylic acids is 1. The van der Waals surface area contributed by atoms with Crippen molar-refractivity contribution < 1.29 is 14.3 Å². The molecule has 1 amide bonds. The summed E-state index contributed by atoms with van der Waals surface area (Å²) in [4.78, 5) is 28.4. The van der Waals surface area contributed by atoms with Gasteiger partial charge in [0.05, 0.1) is 20.3 Å². The van der Waals surface area contributed by atoms with E-state index < -0.39 is 0 Å². The Morgan fingerprint density at radius 1 is 1.19 bits per heavy atom. The zero-order valence-corrected chi connectivity index (χ0v) is 19.6. The van der Waals surface area contributed by atoms with Crippen molar-refractivity contribution in [2.24, 2.45) is 0 Å². The van der Waals surface area contributed by atoms with Gasteiger partial charge in [0.15, 0.2) is 11.5 Å². The van der Waals surface area contributed by atoms with Gasteiger partial charge in [0.2, 0.25) is 5.91 Å². The van der Waals surface area contributed by atoms with E-state index in [4.69, 9.17) is 9.47 Å². The van der Waals surface area contributed by atoms with Crippen molar-refractivity contribution in [2.45, 2.75) is 38.8 Å².